The Balaban J connectivity index is 2.09. The molecule has 8 heteroatoms. The molecule has 0 radical (unpaired) electrons. The minimum Gasteiger partial charge on any atom is -0.327 e. The highest BCUT2D eigenvalue weighted by Gasteiger charge is 2.32. The van der Waals surface area contributed by atoms with Gasteiger partial charge in [0.2, 0.25) is 5.82 Å². The summed E-state index contributed by atoms with van der Waals surface area (Å²) >= 11 is 0. The zero-order chi connectivity index (χ0) is 18.0. The minimum absolute atomic E-state index is 0.217. The second-order valence-electron chi connectivity index (χ2n) is 5.92. The summed E-state index contributed by atoms with van der Waals surface area (Å²) < 4.78 is 40.4. The number of nitrogens with zero attached hydrogens (tertiary/aromatic N) is 4. The number of hydrogen-bond acceptors (Lipinski definition) is 3. The van der Waals surface area contributed by atoms with Crippen LogP contribution < -0.4 is 4.90 Å². The van der Waals surface area contributed by atoms with E-state index in [-0.39, 0.29) is 11.7 Å². The van der Waals surface area contributed by atoms with Crippen molar-refractivity contribution in [3.63, 3.8) is 0 Å². The number of benzene rings is 2. The second kappa shape index (κ2) is 6.64. The van der Waals surface area contributed by atoms with Gasteiger partial charge in [0.25, 0.3) is 0 Å². The summed E-state index contributed by atoms with van der Waals surface area (Å²) in [4.78, 5) is 1.04. The van der Waals surface area contributed by atoms with E-state index in [2.05, 4.69) is 15.5 Å². The second-order valence-corrected chi connectivity index (χ2v) is 5.92. The Morgan fingerprint density at radius 3 is 2.36 bits per heavy atom. The van der Waals surface area contributed by atoms with E-state index in [1.54, 1.807) is 6.07 Å². The quantitative estimate of drug-likeness (QED) is 0.784. The zero-order valence-electron chi connectivity index (χ0n) is 13.7. The van der Waals surface area contributed by atoms with Crippen molar-refractivity contribution in [2.75, 3.05) is 14.1 Å². The Labute approximate surface area is 142 Å². The van der Waals surface area contributed by atoms with Crippen molar-refractivity contribution >= 4 is 0 Å². The minimum atomic E-state index is -4.42. The summed E-state index contributed by atoms with van der Waals surface area (Å²) in [5.41, 5.74) is 0.516. The fourth-order valence-electron chi connectivity index (χ4n) is 2.76. The monoisotopic (exact) mass is 348 g/mol. The Kier molecular flexibility index (Phi) is 4.54. The van der Waals surface area contributed by atoms with Gasteiger partial charge in [-0.2, -0.15) is 17.9 Å². The summed E-state index contributed by atoms with van der Waals surface area (Å²) in [5.74, 6) is 0.477. The number of hydrogen-bond donors (Lipinski definition) is 1. The molecular formula is C17H17F3N5+. The van der Waals surface area contributed by atoms with Gasteiger partial charge in [0.15, 0.2) is 6.04 Å². The molecule has 2 aromatic carbocycles. The molecule has 1 atom stereocenters. The topological polar surface area (TPSA) is 48.0 Å². The van der Waals surface area contributed by atoms with E-state index in [9.17, 15) is 13.2 Å². The van der Waals surface area contributed by atoms with Crippen LogP contribution in [-0.2, 0) is 6.18 Å². The molecule has 0 saturated carbocycles. The van der Waals surface area contributed by atoms with Crippen molar-refractivity contribution in [1.29, 1.82) is 0 Å². The summed E-state index contributed by atoms with van der Waals surface area (Å²) in [6.45, 7) is 0. The maximum atomic E-state index is 13.0. The Bertz CT molecular complexity index is 843. The van der Waals surface area contributed by atoms with Crippen LogP contribution in [0.4, 0.5) is 13.2 Å². The maximum absolute atomic E-state index is 13.0. The van der Waals surface area contributed by atoms with Crippen molar-refractivity contribution in [3.05, 3.63) is 71.5 Å². The van der Waals surface area contributed by atoms with Crippen LogP contribution in [0.3, 0.4) is 0 Å². The lowest BCUT2D eigenvalue weighted by Crippen LogP contribution is -3.06. The van der Waals surface area contributed by atoms with Crippen LogP contribution in [0.25, 0.3) is 5.69 Å². The molecule has 25 heavy (non-hydrogen) atoms. The number of nitrogens with one attached hydrogen (secondary N) is 1. The average molecular weight is 348 g/mol. The van der Waals surface area contributed by atoms with Gasteiger partial charge in [-0.05, 0) is 28.6 Å². The molecule has 0 fully saturated rings. The normalized spacial score (nSPS) is 13.2. The van der Waals surface area contributed by atoms with Crippen LogP contribution in [0.2, 0.25) is 0 Å². The number of rotatable bonds is 4. The van der Waals surface area contributed by atoms with E-state index in [1.165, 1.54) is 10.7 Å². The van der Waals surface area contributed by atoms with E-state index in [0.717, 1.165) is 22.6 Å². The van der Waals surface area contributed by atoms with E-state index in [4.69, 9.17) is 0 Å². The molecule has 0 saturated heterocycles. The van der Waals surface area contributed by atoms with Crippen LogP contribution in [0.1, 0.15) is 23.0 Å². The maximum Gasteiger partial charge on any atom is 0.416 e. The molecule has 0 spiro atoms. The van der Waals surface area contributed by atoms with Crippen LogP contribution >= 0.6 is 0 Å². The van der Waals surface area contributed by atoms with Gasteiger partial charge in [-0.1, -0.05) is 36.4 Å². The molecular weight excluding hydrogens is 331 g/mol. The molecule has 3 rings (SSSR count). The van der Waals surface area contributed by atoms with Gasteiger partial charge >= 0.3 is 6.18 Å². The first-order valence-electron chi connectivity index (χ1n) is 7.69. The Morgan fingerprint density at radius 1 is 1.00 bits per heavy atom. The third-order valence-corrected chi connectivity index (χ3v) is 3.88. The van der Waals surface area contributed by atoms with Gasteiger partial charge in [0.1, 0.15) is 0 Å². The molecule has 3 aromatic rings. The molecule has 0 aliphatic carbocycles. The molecule has 0 amide bonds. The van der Waals surface area contributed by atoms with E-state index < -0.39 is 11.7 Å². The molecule has 0 unspecified atom stereocenters. The molecule has 5 nitrogen and oxygen atoms in total. The smallest absolute Gasteiger partial charge is 0.327 e. The Morgan fingerprint density at radius 2 is 1.72 bits per heavy atom. The van der Waals surface area contributed by atoms with Crippen molar-refractivity contribution < 1.29 is 18.1 Å². The number of aromatic nitrogens is 4. The zero-order valence-corrected chi connectivity index (χ0v) is 13.7. The SMILES string of the molecule is C[NH+](C)[C@@H](c1ccccc1)c1nnnn1-c1cccc(C(F)(F)F)c1. The van der Waals surface area contributed by atoms with E-state index >= 15 is 0 Å². The van der Waals surface area contributed by atoms with Crippen LogP contribution in [-0.4, -0.2) is 34.3 Å². The van der Waals surface area contributed by atoms with Gasteiger partial charge in [-0.15, -0.1) is 5.10 Å². The highest BCUT2D eigenvalue weighted by molar-refractivity contribution is 5.37. The van der Waals surface area contributed by atoms with Crippen molar-refractivity contribution in [2.45, 2.75) is 12.2 Å². The first-order valence-corrected chi connectivity index (χ1v) is 7.69. The van der Waals surface area contributed by atoms with Crippen molar-refractivity contribution in [2.24, 2.45) is 0 Å². The van der Waals surface area contributed by atoms with Gasteiger partial charge < -0.3 is 4.90 Å². The summed E-state index contributed by atoms with van der Waals surface area (Å²) in [6.07, 6.45) is -4.42. The summed E-state index contributed by atoms with van der Waals surface area (Å²) in [7, 11) is 3.89. The number of alkyl halides is 3. The fourth-order valence-corrected chi connectivity index (χ4v) is 2.76. The lowest BCUT2D eigenvalue weighted by Gasteiger charge is -2.21. The third kappa shape index (κ3) is 3.53. The van der Waals surface area contributed by atoms with Crippen molar-refractivity contribution in [1.82, 2.24) is 20.2 Å². The molecule has 0 aliphatic heterocycles. The van der Waals surface area contributed by atoms with Crippen LogP contribution in [0.15, 0.2) is 54.6 Å². The number of quaternary nitrogens is 1. The molecule has 0 bridgehead atoms. The van der Waals surface area contributed by atoms with Gasteiger partial charge in [0, 0.05) is 5.56 Å². The average Bonchev–Trinajstić information content (AvgIpc) is 3.04. The van der Waals surface area contributed by atoms with Gasteiger partial charge in [-0.3, -0.25) is 0 Å². The van der Waals surface area contributed by atoms with E-state index in [0.29, 0.717) is 5.82 Å². The highest BCUT2D eigenvalue weighted by atomic mass is 19.4. The van der Waals surface area contributed by atoms with E-state index in [1.807, 2.05) is 44.4 Å². The highest BCUT2D eigenvalue weighted by Crippen LogP contribution is 2.30. The first kappa shape index (κ1) is 17.1. The van der Waals surface area contributed by atoms with Crippen LogP contribution in [0.5, 0.6) is 0 Å². The molecule has 1 aromatic heterocycles. The fraction of sp³-hybridized carbons (Fsp3) is 0.235. The van der Waals surface area contributed by atoms with Gasteiger partial charge in [-0.25, -0.2) is 0 Å². The first-order chi connectivity index (χ1) is 11.9. The molecule has 130 valence electrons. The standard InChI is InChI=1S/C17H16F3N5/c1-24(2)15(12-7-4-3-5-8-12)16-21-22-23-25(16)14-10-6-9-13(11-14)17(18,19)20/h3-11,15H,1-2H3/p+1/t15-/m0/s1. The number of halogens is 3. The molecule has 1 N–H and O–H groups in total. The lowest BCUT2D eigenvalue weighted by molar-refractivity contribution is -0.886. The van der Waals surface area contributed by atoms with Gasteiger partial charge in [0.05, 0.1) is 25.3 Å². The Hall–Kier alpha value is -2.74. The largest absolute Gasteiger partial charge is 0.416 e. The third-order valence-electron chi connectivity index (χ3n) is 3.88. The summed E-state index contributed by atoms with van der Waals surface area (Å²) in [6, 6.07) is 14.4. The van der Waals surface area contributed by atoms with Crippen molar-refractivity contribution in [3.8, 4) is 5.69 Å². The number of tetrazole rings is 1. The predicted molar refractivity (Wildman–Crippen MR) is 85.3 cm³/mol. The molecule has 1 heterocycles. The van der Waals surface area contributed by atoms with Crippen LogP contribution in [0, 0.1) is 0 Å². The predicted octanol–water partition coefficient (Wildman–Crippen LogP) is 1.91. The molecule has 0 aliphatic rings. The summed E-state index contributed by atoms with van der Waals surface area (Å²) in [5, 5.41) is 11.7. The lowest BCUT2D eigenvalue weighted by atomic mass is 10.1.